The predicted molar refractivity (Wildman–Crippen MR) is 79.9 cm³/mol. The number of non-ortho nitro benzene ring substituents is 1. The maximum Gasteiger partial charge on any atom is 0.516 e. The molecule has 126 valence electrons. The molecular weight excluding hydrogens is 306 g/mol. The Balaban J connectivity index is 2.57. The molecule has 0 saturated heterocycles. The Hall–Kier alpha value is -2.64. The lowest BCUT2D eigenvalue weighted by atomic mass is 10.3. The highest BCUT2D eigenvalue weighted by atomic mass is 16.8. The summed E-state index contributed by atoms with van der Waals surface area (Å²) in [4.78, 5) is 33.1. The number of hydrogen-bond acceptors (Lipinski definition) is 7. The van der Waals surface area contributed by atoms with Crippen LogP contribution in [0.2, 0.25) is 0 Å². The molecule has 0 spiro atoms. The highest BCUT2D eigenvalue weighted by Crippen LogP contribution is 2.18. The maximum atomic E-state index is 11.7. The summed E-state index contributed by atoms with van der Waals surface area (Å²) < 4.78 is 14.9. The lowest BCUT2D eigenvalue weighted by Gasteiger charge is -2.17. The number of ether oxygens (including phenoxy) is 3. The average molecular weight is 325 g/mol. The lowest BCUT2D eigenvalue weighted by molar-refractivity contribution is -0.384. The van der Waals surface area contributed by atoms with Crippen LogP contribution in [-0.2, 0) is 14.3 Å². The zero-order chi connectivity index (χ0) is 17.2. The Morgan fingerprint density at radius 3 is 2.30 bits per heavy atom. The molecule has 1 rings (SSSR count). The van der Waals surface area contributed by atoms with Crippen LogP contribution in [0.1, 0.15) is 39.5 Å². The standard InChI is InChI=1S/C15H19NO7/c1-3-5-13(17)22-14(6-4-2)23-15(18)21-12-9-7-11(8-10-12)16(19)20/h7-10,14H,3-6H2,1-2H3. The van der Waals surface area contributed by atoms with Crippen LogP contribution in [-0.4, -0.2) is 23.3 Å². The summed E-state index contributed by atoms with van der Waals surface area (Å²) in [6.45, 7) is 3.69. The van der Waals surface area contributed by atoms with Gasteiger partial charge in [-0.15, -0.1) is 0 Å². The third kappa shape index (κ3) is 6.77. The number of nitro benzene ring substituents is 1. The minimum atomic E-state index is -1.04. The summed E-state index contributed by atoms with van der Waals surface area (Å²) in [5, 5.41) is 10.5. The van der Waals surface area contributed by atoms with E-state index in [0.717, 1.165) is 0 Å². The van der Waals surface area contributed by atoms with Crippen molar-refractivity contribution >= 4 is 17.8 Å². The van der Waals surface area contributed by atoms with E-state index in [4.69, 9.17) is 14.2 Å². The first-order chi connectivity index (χ1) is 11.0. The normalized spacial score (nSPS) is 11.4. The molecule has 0 bridgehead atoms. The van der Waals surface area contributed by atoms with Gasteiger partial charge in [-0.25, -0.2) is 4.79 Å². The van der Waals surface area contributed by atoms with Crippen molar-refractivity contribution < 1.29 is 28.7 Å². The Morgan fingerprint density at radius 2 is 1.78 bits per heavy atom. The van der Waals surface area contributed by atoms with Crippen LogP contribution in [0.3, 0.4) is 0 Å². The Kier molecular flexibility index (Phi) is 7.52. The summed E-state index contributed by atoms with van der Waals surface area (Å²) in [7, 11) is 0. The molecule has 0 fully saturated rings. The quantitative estimate of drug-likeness (QED) is 0.236. The maximum absolute atomic E-state index is 11.7. The zero-order valence-corrected chi connectivity index (χ0v) is 13.0. The molecule has 0 aliphatic heterocycles. The first-order valence-corrected chi connectivity index (χ1v) is 7.28. The zero-order valence-electron chi connectivity index (χ0n) is 13.0. The number of carbonyl (C=O) groups excluding carboxylic acids is 2. The summed E-state index contributed by atoms with van der Waals surface area (Å²) >= 11 is 0. The molecule has 0 aromatic heterocycles. The van der Waals surface area contributed by atoms with E-state index < -0.39 is 23.3 Å². The Morgan fingerprint density at radius 1 is 1.13 bits per heavy atom. The molecule has 0 amide bonds. The summed E-state index contributed by atoms with van der Waals surface area (Å²) in [6.07, 6.45) is -0.183. The number of nitrogens with zero attached hydrogens (tertiary/aromatic N) is 1. The fraction of sp³-hybridized carbons (Fsp3) is 0.467. The minimum absolute atomic E-state index is 0.0933. The van der Waals surface area contributed by atoms with Crippen LogP contribution in [0, 0.1) is 10.1 Å². The van der Waals surface area contributed by atoms with E-state index in [2.05, 4.69) is 0 Å². The van der Waals surface area contributed by atoms with Gasteiger partial charge in [0.1, 0.15) is 5.75 Å². The van der Waals surface area contributed by atoms with Gasteiger partial charge in [0, 0.05) is 25.0 Å². The molecular formula is C15H19NO7. The summed E-state index contributed by atoms with van der Waals surface area (Å²) in [5.74, 6) is -0.357. The van der Waals surface area contributed by atoms with Gasteiger partial charge in [-0.1, -0.05) is 13.8 Å². The van der Waals surface area contributed by atoms with Gasteiger partial charge in [0.05, 0.1) is 4.92 Å². The Bertz CT molecular complexity index is 541. The molecule has 0 aliphatic carbocycles. The van der Waals surface area contributed by atoms with E-state index >= 15 is 0 Å². The van der Waals surface area contributed by atoms with E-state index in [0.29, 0.717) is 19.3 Å². The predicted octanol–water partition coefficient (Wildman–Crippen LogP) is 3.58. The number of rotatable bonds is 8. The summed E-state index contributed by atoms with van der Waals surface area (Å²) in [6, 6.07) is 4.95. The van der Waals surface area contributed by atoms with Crippen LogP contribution >= 0.6 is 0 Å². The van der Waals surface area contributed by atoms with Crippen molar-refractivity contribution in [3.63, 3.8) is 0 Å². The molecule has 0 aliphatic rings. The third-order valence-electron chi connectivity index (χ3n) is 2.72. The third-order valence-corrected chi connectivity index (χ3v) is 2.72. The molecule has 1 aromatic rings. The van der Waals surface area contributed by atoms with Crippen LogP contribution in [0.5, 0.6) is 5.75 Å². The monoisotopic (exact) mass is 325 g/mol. The lowest BCUT2D eigenvalue weighted by Crippen LogP contribution is -2.26. The second-order valence-electron chi connectivity index (χ2n) is 4.68. The SMILES string of the molecule is CCCC(=O)OC(CCC)OC(=O)Oc1ccc([N+](=O)[O-])cc1. The van der Waals surface area contributed by atoms with E-state index in [1.54, 1.807) is 0 Å². The van der Waals surface area contributed by atoms with E-state index in [9.17, 15) is 19.7 Å². The molecule has 0 N–H and O–H groups in total. The van der Waals surface area contributed by atoms with Crippen molar-refractivity contribution in [1.29, 1.82) is 0 Å². The average Bonchev–Trinajstić information content (AvgIpc) is 2.48. The molecule has 1 atom stereocenters. The molecule has 8 nitrogen and oxygen atoms in total. The van der Waals surface area contributed by atoms with Crippen LogP contribution in [0.15, 0.2) is 24.3 Å². The van der Waals surface area contributed by atoms with Crippen molar-refractivity contribution in [1.82, 2.24) is 0 Å². The number of hydrogen-bond donors (Lipinski definition) is 0. The second-order valence-corrected chi connectivity index (χ2v) is 4.68. The van der Waals surface area contributed by atoms with Crippen LogP contribution in [0.4, 0.5) is 10.5 Å². The highest BCUT2D eigenvalue weighted by Gasteiger charge is 2.19. The molecule has 1 aromatic carbocycles. The van der Waals surface area contributed by atoms with Gasteiger partial charge < -0.3 is 14.2 Å². The van der Waals surface area contributed by atoms with E-state index in [-0.39, 0.29) is 17.9 Å². The van der Waals surface area contributed by atoms with Crippen molar-refractivity contribution in [3.8, 4) is 5.75 Å². The van der Waals surface area contributed by atoms with Gasteiger partial charge in [-0.3, -0.25) is 14.9 Å². The van der Waals surface area contributed by atoms with Gasteiger partial charge in [-0.2, -0.15) is 0 Å². The molecule has 0 heterocycles. The topological polar surface area (TPSA) is 105 Å². The van der Waals surface area contributed by atoms with Gasteiger partial charge in [0.2, 0.25) is 0 Å². The largest absolute Gasteiger partial charge is 0.516 e. The number of carbonyl (C=O) groups is 2. The van der Waals surface area contributed by atoms with Crippen molar-refractivity contribution in [2.75, 3.05) is 0 Å². The fourth-order valence-corrected chi connectivity index (χ4v) is 1.65. The van der Waals surface area contributed by atoms with Crippen molar-refractivity contribution in [3.05, 3.63) is 34.4 Å². The Labute approximate surface area is 133 Å². The van der Waals surface area contributed by atoms with Crippen molar-refractivity contribution in [2.45, 2.75) is 45.8 Å². The molecule has 0 radical (unpaired) electrons. The fourth-order valence-electron chi connectivity index (χ4n) is 1.65. The smallest absolute Gasteiger partial charge is 0.425 e. The van der Waals surface area contributed by atoms with Gasteiger partial charge in [-0.05, 0) is 25.0 Å². The number of benzene rings is 1. The highest BCUT2D eigenvalue weighted by molar-refractivity contribution is 5.70. The van der Waals surface area contributed by atoms with Crippen molar-refractivity contribution in [2.24, 2.45) is 0 Å². The second kappa shape index (κ2) is 9.39. The van der Waals surface area contributed by atoms with Crippen LogP contribution in [0.25, 0.3) is 0 Å². The summed E-state index contributed by atoms with van der Waals surface area (Å²) in [5.41, 5.74) is -0.122. The van der Waals surface area contributed by atoms with E-state index in [1.165, 1.54) is 24.3 Å². The molecule has 23 heavy (non-hydrogen) atoms. The molecule has 8 heteroatoms. The molecule has 1 unspecified atom stereocenters. The molecule has 0 saturated carbocycles. The first-order valence-electron chi connectivity index (χ1n) is 7.28. The first kappa shape index (κ1) is 18.4. The van der Waals surface area contributed by atoms with E-state index in [1.807, 2.05) is 13.8 Å². The van der Waals surface area contributed by atoms with Crippen LogP contribution < -0.4 is 4.74 Å². The minimum Gasteiger partial charge on any atom is -0.425 e. The number of esters is 1. The van der Waals surface area contributed by atoms with Gasteiger partial charge >= 0.3 is 12.1 Å². The number of nitro groups is 1. The van der Waals surface area contributed by atoms with Gasteiger partial charge in [0.15, 0.2) is 0 Å². The van der Waals surface area contributed by atoms with Gasteiger partial charge in [0.25, 0.3) is 12.0 Å².